The number of rotatable bonds is 3. The van der Waals surface area contributed by atoms with Crippen molar-refractivity contribution < 1.29 is 8.42 Å². The van der Waals surface area contributed by atoms with E-state index in [1.807, 2.05) is 19.9 Å². The van der Waals surface area contributed by atoms with Crippen molar-refractivity contribution in [3.8, 4) is 0 Å². The Kier molecular flexibility index (Phi) is 5.61. The zero-order valence-corrected chi connectivity index (χ0v) is 12.9. The number of aryl methyl sites for hydroxylation is 1. The molecule has 1 aliphatic rings. The van der Waals surface area contributed by atoms with Crippen molar-refractivity contribution in [2.24, 2.45) is 0 Å². The molecule has 1 aromatic heterocycles. The smallest absolute Gasteiger partial charge is 0.250 e. The lowest BCUT2D eigenvalue weighted by Crippen LogP contribution is -2.51. The second kappa shape index (κ2) is 6.34. The van der Waals surface area contributed by atoms with E-state index in [1.165, 1.54) is 11.3 Å². The summed E-state index contributed by atoms with van der Waals surface area (Å²) in [5.41, 5.74) is 0. The molecule has 2 unspecified atom stereocenters. The lowest BCUT2D eigenvalue weighted by atomic mass is 10.0. The van der Waals surface area contributed by atoms with Gasteiger partial charge in [0.05, 0.1) is 0 Å². The summed E-state index contributed by atoms with van der Waals surface area (Å²) in [4.78, 5) is 1.01. The molecule has 1 fully saturated rings. The summed E-state index contributed by atoms with van der Waals surface area (Å²) in [6.07, 6.45) is 1.92. The van der Waals surface area contributed by atoms with Gasteiger partial charge in [-0.15, -0.1) is 23.7 Å². The number of piperidine rings is 1. The van der Waals surface area contributed by atoms with Gasteiger partial charge in [-0.05, 0) is 45.4 Å². The molecule has 1 saturated heterocycles. The molecule has 0 aromatic carbocycles. The first-order chi connectivity index (χ1) is 7.99. The van der Waals surface area contributed by atoms with Crippen LogP contribution in [0.15, 0.2) is 16.3 Å². The second-order valence-corrected chi connectivity index (χ2v) is 7.71. The summed E-state index contributed by atoms with van der Waals surface area (Å²) in [7, 11) is -3.34. The van der Waals surface area contributed by atoms with Gasteiger partial charge in [-0.3, -0.25) is 0 Å². The van der Waals surface area contributed by atoms with Crippen molar-refractivity contribution in [3.63, 3.8) is 0 Å². The minimum atomic E-state index is -3.34. The lowest BCUT2D eigenvalue weighted by molar-refractivity contribution is 0.349. The Balaban J connectivity index is 0.00000162. The summed E-state index contributed by atoms with van der Waals surface area (Å²) >= 11 is 1.31. The molecule has 2 rings (SSSR count). The monoisotopic (exact) mass is 310 g/mol. The third kappa shape index (κ3) is 3.68. The molecule has 0 spiro atoms. The molecule has 0 aliphatic carbocycles. The Morgan fingerprint density at radius 2 is 2.17 bits per heavy atom. The molecule has 1 aromatic rings. The SMILES string of the molecule is Cc1ccc(S(=O)(=O)NC2CCCNC2C)s1.Cl. The van der Waals surface area contributed by atoms with Crippen LogP contribution >= 0.6 is 23.7 Å². The van der Waals surface area contributed by atoms with Crippen LogP contribution in [0, 0.1) is 6.92 Å². The highest BCUT2D eigenvalue weighted by atomic mass is 35.5. The Morgan fingerprint density at radius 3 is 2.72 bits per heavy atom. The van der Waals surface area contributed by atoms with E-state index in [-0.39, 0.29) is 24.5 Å². The van der Waals surface area contributed by atoms with Gasteiger partial charge in [-0.25, -0.2) is 13.1 Å². The van der Waals surface area contributed by atoms with Crippen molar-refractivity contribution in [1.29, 1.82) is 0 Å². The van der Waals surface area contributed by atoms with Crippen LogP contribution in [-0.2, 0) is 10.0 Å². The zero-order valence-electron chi connectivity index (χ0n) is 10.5. The van der Waals surface area contributed by atoms with Gasteiger partial charge < -0.3 is 5.32 Å². The van der Waals surface area contributed by atoms with Crippen LogP contribution in [0.2, 0.25) is 0 Å². The minimum Gasteiger partial charge on any atom is -0.313 e. The first-order valence-electron chi connectivity index (χ1n) is 5.81. The molecule has 2 heterocycles. The molecule has 104 valence electrons. The van der Waals surface area contributed by atoms with Gasteiger partial charge in [0.15, 0.2) is 0 Å². The third-order valence-corrected chi connectivity index (χ3v) is 6.03. The van der Waals surface area contributed by atoms with E-state index in [4.69, 9.17) is 0 Å². The van der Waals surface area contributed by atoms with Crippen molar-refractivity contribution in [2.45, 2.75) is 43.0 Å². The number of halogens is 1. The summed E-state index contributed by atoms with van der Waals surface area (Å²) < 4.78 is 27.5. The molecule has 1 aliphatic heterocycles. The lowest BCUT2D eigenvalue weighted by Gasteiger charge is -2.30. The van der Waals surface area contributed by atoms with E-state index in [2.05, 4.69) is 10.0 Å². The predicted molar refractivity (Wildman–Crippen MR) is 77.1 cm³/mol. The zero-order chi connectivity index (χ0) is 12.5. The van der Waals surface area contributed by atoms with E-state index < -0.39 is 10.0 Å². The van der Waals surface area contributed by atoms with E-state index in [0.717, 1.165) is 24.3 Å². The maximum Gasteiger partial charge on any atom is 0.250 e. The van der Waals surface area contributed by atoms with E-state index >= 15 is 0 Å². The fourth-order valence-corrected chi connectivity index (χ4v) is 4.67. The summed E-state index contributed by atoms with van der Waals surface area (Å²) in [6.45, 7) is 4.90. The normalized spacial score (nSPS) is 24.6. The summed E-state index contributed by atoms with van der Waals surface area (Å²) in [5, 5.41) is 3.29. The van der Waals surface area contributed by atoms with Gasteiger partial charge in [0, 0.05) is 17.0 Å². The second-order valence-electron chi connectivity index (χ2n) is 4.48. The topological polar surface area (TPSA) is 58.2 Å². The number of hydrogen-bond donors (Lipinski definition) is 2. The minimum absolute atomic E-state index is 0. The quantitative estimate of drug-likeness (QED) is 0.896. The molecule has 0 saturated carbocycles. The van der Waals surface area contributed by atoms with Gasteiger partial charge in [-0.2, -0.15) is 0 Å². The highest BCUT2D eigenvalue weighted by Crippen LogP contribution is 2.21. The Morgan fingerprint density at radius 1 is 1.44 bits per heavy atom. The van der Waals surface area contributed by atoms with Gasteiger partial charge in [0.2, 0.25) is 10.0 Å². The van der Waals surface area contributed by atoms with E-state index in [0.29, 0.717) is 4.21 Å². The fourth-order valence-electron chi connectivity index (χ4n) is 2.02. The Labute approximate surface area is 119 Å². The van der Waals surface area contributed by atoms with Gasteiger partial charge in [0.25, 0.3) is 0 Å². The molecule has 0 radical (unpaired) electrons. The predicted octanol–water partition coefficient (Wildman–Crippen LogP) is 1.90. The van der Waals surface area contributed by atoms with E-state index in [1.54, 1.807) is 6.07 Å². The molecular weight excluding hydrogens is 292 g/mol. The summed E-state index contributed by atoms with van der Waals surface area (Å²) in [6, 6.07) is 3.70. The molecule has 7 heteroatoms. The number of thiophene rings is 1. The first kappa shape index (κ1) is 15.9. The van der Waals surface area contributed by atoms with Crippen LogP contribution < -0.4 is 10.0 Å². The molecule has 2 N–H and O–H groups in total. The van der Waals surface area contributed by atoms with E-state index in [9.17, 15) is 8.42 Å². The van der Waals surface area contributed by atoms with Crippen LogP contribution in [0.1, 0.15) is 24.6 Å². The van der Waals surface area contributed by atoms with Crippen LogP contribution in [0.4, 0.5) is 0 Å². The molecule has 0 amide bonds. The molecule has 0 bridgehead atoms. The van der Waals surface area contributed by atoms with Crippen molar-refractivity contribution in [2.75, 3.05) is 6.54 Å². The molecule has 4 nitrogen and oxygen atoms in total. The number of sulfonamides is 1. The first-order valence-corrected chi connectivity index (χ1v) is 8.11. The average Bonchev–Trinajstić information content (AvgIpc) is 2.69. The summed E-state index contributed by atoms with van der Waals surface area (Å²) in [5.74, 6) is 0. The standard InChI is InChI=1S/C11H18N2O2S2.ClH/c1-8-5-6-11(16-8)17(14,15)13-10-4-3-7-12-9(10)2;/h5-6,9-10,12-13H,3-4,7H2,1-2H3;1H. The highest BCUT2D eigenvalue weighted by Gasteiger charge is 2.27. The highest BCUT2D eigenvalue weighted by molar-refractivity contribution is 7.91. The number of nitrogens with one attached hydrogen (secondary N) is 2. The Bertz CT molecular complexity index is 487. The maximum atomic E-state index is 12.1. The average molecular weight is 311 g/mol. The maximum absolute atomic E-state index is 12.1. The molecule has 2 atom stereocenters. The van der Waals surface area contributed by atoms with Crippen LogP contribution in [0.25, 0.3) is 0 Å². The van der Waals surface area contributed by atoms with Crippen molar-refractivity contribution in [1.82, 2.24) is 10.0 Å². The fraction of sp³-hybridized carbons (Fsp3) is 0.636. The van der Waals surface area contributed by atoms with Crippen LogP contribution in [-0.4, -0.2) is 27.0 Å². The van der Waals surface area contributed by atoms with Crippen molar-refractivity contribution in [3.05, 3.63) is 17.0 Å². The Hall–Kier alpha value is -0.140. The largest absolute Gasteiger partial charge is 0.313 e. The van der Waals surface area contributed by atoms with Gasteiger partial charge in [-0.1, -0.05) is 0 Å². The van der Waals surface area contributed by atoms with Gasteiger partial charge in [0.1, 0.15) is 4.21 Å². The third-order valence-electron chi connectivity index (χ3n) is 3.05. The van der Waals surface area contributed by atoms with Crippen molar-refractivity contribution >= 4 is 33.8 Å². The van der Waals surface area contributed by atoms with Crippen LogP contribution in [0.5, 0.6) is 0 Å². The van der Waals surface area contributed by atoms with Crippen LogP contribution in [0.3, 0.4) is 0 Å². The number of hydrogen-bond acceptors (Lipinski definition) is 4. The van der Waals surface area contributed by atoms with Gasteiger partial charge >= 0.3 is 0 Å². The molecule has 18 heavy (non-hydrogen) atoms. The molecular formula is C11H19ClN2O2S2.